The fourth-order valence-electron chi connectivity index (χ4n) is 4.50. The highest BCUT2D eigenvalue weighted by Gasteiger charge is 2.44. The van der Waals surface area contributed by atoms with Gasteiger partial charge in [0.2, 0.25) is 5.91 Å². The largest absolute Gasteiger partial charge is 0.370 e. The van der Waals surface area contributed by atoms with E-state index in [1.807, 2.05) is 53.6 Å². The molecule has 1 N–H and O–H groups in total. The summed E-state index contributed by atoms with van der Waals surface area (Å²) < 4.78 is 1.86. The first-order chi connectivity index (χ1) is 14.2. The zero-order valence-electron chi connectivity index (χ0n) is 16.0. The summed E-state index contributed by atoms with van der Waals surface area (Å²) in [6, 6.07) is 10.0. The summed E-state index contributed by atoms with van der Waals surface area (Å²) in [7, 11) is 0. The fourth-order valence-corrected chi connectivity index (χ4v) is 4.77. The Balaban J connectivity index is 1.46. The van der Waals surface area contributed by atoms with Gasteiger partial charge < -0.3 is 10.2 Å². The highest BCUT2D eigenvalue weighted by Crippen LogP contribution is 2.43. The number of hydrogen-bond donors (Lipinski definition) is 1. The molecule has 148 valence electrons. The van der Waals surface area contributed by atoms with Gasteiger partial charge in [0.1, 0.15) is 0 Å². The average Bonchev–Trinajstić information content (AvgIpc) is 3.37. The summed E-state index contributed by atoms with van der Waals surface area (Å²) in [5.41, 5.74) is 3.71. The number of para-hydroxylation sites is 1. The van der Waals surface area contributed by atoms with Gasteiger partial charge in [-0.25, -0.2) is 4.68 Å². The maximum atomic E-state index is 12.3. The second-order valence-electron chi connectivity index (χ2n) is 7.80. The molecule has 1 spiro atoms. The lowest BCUT2D eigenvalue weighted by atomic mass is 9.77. The highest BCUT2D eigenvalue weighted by molar-refractivity contribution is 6.33. The number of nitrogens with zero attached hydrogens (tertiary/aromatic N) is 4. The van der Waals surface area contributed by atoms with Gasteiger partial charge in [0.25, 0.3) is 0 Å². The van der Waals surface area contributed by atoms with Crippen molar-refractivity contribution in [1.29, 1.82) is 0 Å². The molecule has 0 unspecified atom stereocenters. The predicted molar refractivity (Wildman–Crippen MR) is 113 cm³/mol. The Hall–Kier alpha value is -2.86. The molecule has 2 fully saturated rings. The summed E-state index contributed by atoms with van der Waals surface area (Å²) in [6.07, 6.45) is 10.0. The van der Waals surface area contributed by atoms with E-state index in [1.165, 1.54) is 0 Å². The summed E-state index contributed by atoms with van der Waals surface area (Å²) in [6.45, 7) is 2.40. The van der Waals surface area contributed by atoms with Gasteiger partial charge in [-0.05, 0) is 31.4 Å². The van der Waals surface area contributed by atoms with Crippen LogP contribution in [-0.2, 0) is 4.79 Å². The van der Waals surface area contributed by atoms with E-state index < -0.39 is 0 Å². The number of hydrogen-bond acceptors (Lipinski definition) is 4. The number of aromatic nitrogens is 3. The zero-order chi connectivity index (χ0) is 19.8. The van der Waals surface area contributed by atoms with Crippen LogP contribution >= 0.6 is 11.6 Å². The molecule has 1 amide bonds. The molecule has 29 heavy (non-hydrogen) atoms. The number of pyridine rings is 1. The standard InChI is InChI=1S/C22H22ClN5O/c23-19-14-24-13-18(16-12-26-28(15-16)17-4-2-1-3-5-17)20(19)27-10-7-22(8-11-27)6-9-25-21(22)29/h1-5,12-15H,6-11H2,(H,25,29). The van der Waals surface area contributed by atoms with Crippen molar-refractivity contribution in [1.82, 2.24) is 20.1 Å². The Labute approximate surface area is 174 Å². The van der Waals surface area contributed by atoms with E-state index in [2.05, 4.69) is 20.3 Å². The van der Waals surface area contributed by atoms with Crippen LogP contribution in [0, 0.1) is 5.41 Å². The monoisotopic (exact) mass is 407 g/mol. The average molecular weight is 408 g/mol. The Morgan fingerprint density at radius 1 is 1.03 bits per heavy atom. The van der Waals surface area contributed by atoms with E-state index in [9.17, 15) is 4.79 Å². The first kappa shape index (κ1) is 18.2. The molecule has 1 aromatic carbocycles. The minimum Gasteiger partial charge on any atom is -0.370 e. The molecule has 0 radical (unpaired) electrons. The van der Waals surface area contributed by atoms with Crippen LogP contribution in [0.25, 0.3) is 16.8 Å². The lowest BCUT2D eigenvalue weighted by molar-refractivity contribution is -0.128. The number of piperidine rings is 1. The normalized spacial score (nSPS) is 18.2. The van der Waals surface area contributed by atoms with Gasteiger partial charge in [-0.2, -0.15) is 5.10 Å². The lowest BCUT2D eigenvalue weighted by Gasteiger charge is -2.39. The van der Waals surface area contributed by atoms with Crippen molar-refractivity contribution >= 4 is 23.2 Å². The molecule has 7 heteroatoms. The van der Waals surface area contributed by atoms with E-state index in [4.69, 9.17) is 11.6 Å². The minimum absolute atomic E-state index is 0.200. The summed E-state index contributed by atoms with van der Waals surface area (Å²) in [5.74, 6) is 0.210. The summed E-state index contributed by atoms with van der Waals surface area (Å²) >= 11 is 6.61. The first-order valence-electron chi connectivity index (χ1n) is 9.94. The van der Waals surface area contributed by atoms with Crippen molar-refractivity contribution < 1.29 is 4.79 Å². The van der Waals surface area contributed by atoms with Crippen LogP contribution in [-0.4, -0.2) is 40.3 Å². The van der Waals surface area contributed by atoms with Crippen LogP contribution in [0.5, 0.6) is 0 Å². The van der Waals surface area contributed by atoms with Crippen LogP contribution in [0.2, 0.25) is 5.02 Å². The van der Waals surface area contributed by atoms with Gasteiger partial charge in [0.05, 0.1) is 28.0 Å². The number of carbonyl (C=O) groups is 1. The topological polar surface area (TPSA) is 63.1 Å². The number of anilines is 1. The van der Waals surface area contributed by atoms with Crippen LogP contribution in [0.15, 0.2) is 55.1 Å². The molecule has 5 rings (SSSR count). The third-order valence-corrected chi connectivity index (χ3v) is 6.47. The Morgan fingerprint density at radius 3 is 2.55 bits per heavy atom. The maximum absolute atomic E-state index is 12.3. The van der Waals surface area contributed by atoms with Gasteiger partial charge in [-0.15, -0.1) is 0 Å². The molecule has 0 saturated carbocycles. The predicted octanol–water partition coefficient (Wildman–Crippen LogP) is 3.69. The van der Waals surface area contributed by atoms with Gasteiger partial charge >= 0.3 is 0 Å². The highest BCUT2D eigenvalue weighted by atomic mass is 35.5. The van der Waals surface area contributed by atoms with Crippen LogP contribution in [0.3, 0.4) is 0 Å². The van der Waals surface area contributed by atoms with Crippen molar-refractivity contribution in [3.05, 3.63) is 60.1 Å². The van der Waals surface area contributed by atoms with Gasteiger partial charge in [-0.3, -0.25) is 9.78 Å². The van der Waals surface area contributed by atoms with E-state index in [1.54, 1.807) is 6.20 Å². The van der Waals surface area contributed by atoms with E-state index >= 15 is 0 Å². The number of halogens is 1. The van der Waals surface area contributed by atoms with Crippen LogP contribution in [0.4, 0.5) is 5.69 Å². The molecular formula is C22H22ClN5O. The zero-order valence-corrected chi connectivity index (χ0v) is 16.8. The molecule has 0 aliphatic carbocycles. The number of amides is 1. The third kappa shape index (κ3) is 3.17. The maximum Gasteiger partial charge on any atom is 0.226 e. The van der Waals surface area contributed by atoms with E-state index in [0.29, 0.717) is 5.02 Å². The van der Waals surface area contributed by atoms with Crippen LogP contribution < -0.4 is 10.2 Å². The van der Waals surface area contributed by atoms with Gasteiger partial charge in [0.15, 0.2) is 0 Å². The van der Waals surface area contributed by atoms with Crippen molar-refractivity contribution in [3.8, 4) is 16.8 Å². The summed E-state index contributed by atoms with van der Waals surface area (Å²) in [4.78, 5) is 18.9. The van der Waals surface area contributed by atoms with Crippen molar-refractivity contribution in [3.63, 3.8) is 0 Å². The van der Waals surface area contributed by atoms with Gasteiger partial charge in [-0.1, -0.05) is 29.8 Å². The number of rotatable bonds is 3. The molecule has 2 aromatic heterocycles. The second kappa shape index (κ2) is 7.19. The molecule has 2 aliphatic rings. The number of nitrogens with one attached hydrogen (secondary N) is 1. The molecule has 3 aromatic rings. The smallest absolute Gasteiger partial charge is 0.226 e. The Morgan fingerprint density at radius 2 is 1.83 bits per heavy atom. The fraction of sp³-hybridized carbons (Fsp3) is 0.318. The van der Waals surface area contributed by atoms with Crippen molar-refractivity contribution in [2.24, 2.45) is 5.41 Å². The van der Waals surface area contributed by atoms with E-state index in [-0.39, 0.29) is 11.3 Å². The second-order valence-corrected chi connectivity index (χ2v) is 8.21. The van der Waals surface area contributed by atoms with Gasteiger partial charge in [0, 0.05) is 49.4 Å². The molecular weight excluding hydrogens is 386 g/mol. The Kier molecular flexibility index (Phi) is 4.51. The number of carbonyl (C=O) groups excluding carboxylic acids is 1. The molecule has 2 aliphatic heterocycles. The summed E-state index contributed by atoms with van der Waals surface area (Å²) in [5, 5.41) is 8.14. The molecule has 4 heterocycles. The Bertz CT molecular complexity index is 1040. The quantitative estimate of drug-likeness (QED) is 0.719. The molecule has 2 saturated heterocycles. The lowest BCUT2D eigenvalue weighted by Crippen LogP contribution is -2.44. The third-order valence-electron chi connectivity index (χ3n) is 6.19. The van der Waals surface area contributed by atoms with Crippen molar-refractivity contribution in [2.75, 3.05) is 24.5 Å². The minimum atomic E-state index is -0.200. The van der Waals surface area contributed by atoms with Crippen LogP contribution in [0.1, 0.15) is 19.3 Å². The molecule has 0 atom stereocenters. The molecule has 0 bridgehead atoms. The van der Waals surface area contributed by atoms with Crippen molar-refractivity contribution in [2.45, 2.75) is 19.3 Å². The SMILES string of the molecule is O=C1NCCC12CCN(c1c(Cl)cncc1-c1cnn(-c3ccccc3)c1)CC2. The van der Waals surface area contributed by atoms with E-state index in [0.717, 1.165) is 61.4 Å². The first-order valence-corrected chi connectivity index (χ1v) is 10.3. The molecule has 6 nitrogen and oxygen atoms in total. The number of benzene rings is 1.